The zero-order chi connectivity index (χ0) is 22.4. The predicted octanol–water partition coefficient (Wildman–Crippen LogP) is 2.03. The zero-order valence-electron chi connectivity index (χ0n) is 18.9. The van der Waals surface area contributed by atoms with Gasteiger partial charge in [0, 0.05) is 26.1 Å². The number of esters is 1. The van der Waals surface area contributed by atoms with Crippen molar-refractivity contribution in [3.8, 4) is 0 Å². The summed E-state index contributed by atoms with van der Waals surface area (Å²) in [6, 6.07) is 0. The first-order chi connectivity index (χ1) is 14.9. The van der Waals surface area contributed by atoms with Gasteiger partial charge in [0.15, 0.2) is 0 Å². The summed E-state index contributed by atoms with van der Waals surface area (Å²) in [7, 11) is 1.80. The van der Waals surface area contributed by atoms with E-state index in [2.05, 4.69) is 11.4 Å². The second-order valence-electron chi connectivity index (χ2n) is 8.76. The van der Waals surface area contributed by atoms with Crippen LogP contribution in [0.2, 0.25) is 0 Å². The van der Waals surface area contributed by atoms with E-state index < -0.39 is 23.3 Å². The molecule has 0 bridgehead atoms. The van der Waals surface area contributed by atoms with E-state index in [1.165, 1.54) is 0 Å². The summed E-state index contributed by atoms with van der Waals surface area (Å²) in [6.07, 6.45) is 8.05. The number of carbonyl (C=O) groups excluding carboxylic acids is 3. The molecule has 1 N–H and O–H groups in total. The molecule has 3 rings (SSSR count). The first-order valence-corrected chi connectivity index (χ1v) is 11.5. The monoisotopic (exact) mass is 436 g/mol. The Labute approximate surface area is 184 Å². The van der Waals surface area contributed by atoms with Crippen LogP contribution in [0.15, 0.2) is 12.2 Å². The topological polar surface area (TPSA) is 94.2 Å². The first-order valence-electron chi connectivity index (χ1n) is 11.5. The summed E-state index contributed by atoms with van der Waals surface area (Å²) in [5, 5.41) is 2.98. The fourth-order valence-electron chi connectivity index (χ4n) is 4.70. The quantitative estimate of drug-likeness (QED) is 0.296. The Kier molecular flexibility index (Phi) is 8.11. The third-order valence-corrected chi connectivity index (χ3v) is 6.62. The molecule has 0 radical (unpaired) electrons. The van der Waals surface area contributed by atoms with Gasteiger partial charge in [-0.1, -0.05) is 12.2 Å². The number of fused-ring (bicyclic) bond motifs is 2. The van der Waals surface area contributed by atoms with Crippen LogP contribution in [0.1, 0.15) is 52.4 Å². The van der Waals surface area contributed by atoms with Crippen molar-refractivity contribution in [2.24, 2.45) is 17.8 Å². The third-order valence-electron chi connectivity index (χ3n) is 6.62. The van der Waals surface area contributed by atoms with Gasteiger partial charge < -0.3 is 24.4 Å². The van der Waals surface area contributed by atoms with Gasteiger partial charge in [0.25, 0.3) is 0 Å². The maximum Gasteiger partial charge on any atom is 0.332 e. The van der Waals surface area contributed by atoms with Crippen molar-refractivity contribution < 1.29 is 28.6 Å². The number of allylic oxidation sites excluding steroid dienone is 1. The molecule has 2 saturated carbocycles. The van der Waals surface area contributed by atoms with Crippen LogP contribution in [0, 0.1) is 17.8 Å². The van der Waals surface area contributed by atoms with E-state index in [9.17, 15) is 14.4 Å². The summed E-state index contributed by atoms with van der Waals surface area (Å²) in [5.41, 5.74) is -1.02. The minimum atomic E-state index is -1.02. The minimum Gasteiger partial charge on any atom is -0.464 e. The summed E-state index contributed by atoms with van der Waals surface area (Å²) < 4.78 is 16.3. The van der Waals surface area contributed by atoms with Crippen LogP contribution < -0.4 is 5.32 Å². The molecule has 0 spiro atoms. The molecule has 0 aromatic rings. The molecule has 8 heteroatoms. The van der Waals surface area contributed by atoms with Gasteiger partial charge in [0.2, 0.25) is 11.8 Å². The highest BCUT2D eigenvalue weighted by Crippen LogP contribution is 2.47. The van der Waals surface area contributed by atoms with E-state index in [1.54, 1.807) is 18.9 Å². The molecule has 0 saturated heterocycles. The highest BCUT2D eigenvalue weighted by molar-refractivity contribution is 5.95. The Balaban J connectivity index is 1.81. The summed E-state index contributed by atoms with van der Waals surface area (Å²) in [5.74, 6) is -1.77. The minimum absolute atomic E-state index is 0.0345. The van der Waals surface area contributed by atoms with E-state index in [1.807, 2.05) is 13.0 Å². The second kappa shape index (κ2) is 10.6. The lowest BCUT2D eigenvalue weighted by molar-refractivity contribution is -0.150. The number of hydrogen-bond acceptors (Lipinski definition) is 6. The average molecular weight is 437 g/mol. The van der Waals surface area contributed by atoms with Crippen LogP contribution in [0.25, 0.3) is 0 Å². The van der Waals surface area contributed by atoms with Crippen molar-refractivity contribution in [2.75, 3.05) is 33.6 Å². The van der Waals surface area contributed by atoms with Crippen LogP contribution in [0.5, 0.6) is 0 Å². The molecule has 2 fully saturated rings. The smallest absolute Gasteiger partial charge is 0.332 e. The molecule has 0 aromatic carbocycles. The first kappa shape index (κ1) is 23.7. The number of carbonyl (C=O) groups is 3. The fraction of sp³-hybridized carbons (Fsp3) is 0.783. The number of nitrogens with zero attached hydrogens (tertiary/aromatic N) is 1. The van der Waals surface area contributed by atoms with E-state index in [0.29, 0.717) is 32.4 Å². The van der Waals surface area contributed by atoms with Crippen LogP contribution >= 0.6 is 0 Å². The predicted molar refractivity (Wildman–Crippen MR) is 114 cm³/mol. The molecule has 0 unspecified atom stereocenters. The molecule has 2 amide bonds. The Hall–Kier alpha value is -1.93. The van der Waals surface area contributed by atoms with E-state index in [4.69, 9.17) is 14.2 Å². The highest BCUT2D eigenvalue weighted by Gasteiger charge is 2.62. The van der Waals surface area contributed by atoms with E-state index in [0.717, 1.165) is 19.3 Å². The number of nitrogens with one attached hydrogen (secondary N) is 1. The van der Waals surface area contributed by atoms with E-state index in [-0.39, 0.29) is 37.2 Å². The lowest BCUT2D eigenvalue weighted by Crippen LogP contribution is -2.50. The molecule has 5 atom stereocenters. The maximum atomic E-state index is 13.3. The zero-order valence-corrected chi connectivity index (χ0v) is 18.9. The molecule has 0 aromatic heterocycles. The van der Waals surface area contributed by atoms with Gasteiger partial charge >= 0.3 is 5.97 Å². The van der Waals surface area contributed by atoms with Crippen LogP contribution in [-0.4, -0.2) is 67.9 Å². The molecule has 1 aliphatic heterocycles. The Morgan fingerprint density at radius 2 is 1.97 bits per heavy atom. The number of hydrogen-bond donors (Lipinski definition) is 1. The highest BCUT2D eigenvalue weighted by atomic mass is 16.7. The van der Waals surface area contributed by atoms with Crippen molar-refractivity contribution in [3.05, 3.63) is 12.2 Å². The number of rotatable bonds is 6. The summed E-state index contributed by atoms with van der Waals surface area (Å²) >= 11 is 0. The van der Waals surface area contributed by atoms with Gasteiger partial charge in [-0.25, -0.2) is 4.79 Å². The molecular weight excluding hydrogens is 400 g/mol. The van der Waals surface area contributed by atoms with Crippen LogP contribution in [-0.2, 0) is 28.6 Å². The Bertz CT molecular complexity index is 696. The molecule has 3 aliphatic rings. The molecule has 2 aliphatic carbocycles. The second-order valence-corrected chi connectivity index (χ2v) is 8.76. The Morgan fingerprint density at radius 3 is 2.71 bits per heavy atom. The molecule has 31 heavy (non-hydrogen) atoms. The van der Waals surface area contributed by atoms with Gasteiger partial charge in [-0.05, 0) is 52.4 Å². The van der Waals surface area contributed by atoms with Crippen LogP contribution in [0.3, 0.4) is 0 Å². The van der Waals surface area contributed by atoms with Gasteiger partial charge in [-0.15, -0.1) is 0 Å². The molecule has 174 valence electrons. The molecular formula is C23H36N2O6. The SMILES string of the molecule is CCOCO[C@@H]1C[C@H]2C(=O)N[C@]3(C(=O)OCC)C[C@H]3C=CCCCCN(C)C(=O)[C@@H]2C1. The largest absolute Gasteiger partial charge is 0.464 e. The summed E-state index contributed by atoms with van der Waals surface area (Å²) in [4.78, 5) is 41.0. The third kappa shape index (κ3) is 5.47. The average Bonchev–Trinajstić information content (AvgIpc) is 3.27. The van der Waals surface area contributed by atoms with Crippen LogP contribution in [0.4, 0.5) is 0 Å². The maximum absolute atomic E-state index is 13.3. The molecule has 8 nitrogen and oxygen atoms in total. The Morgan fingerprint density at radius 1 is 1.19 bits per heavy atom. The van der Waals surface area contributed by atoms with Gasteiger partial charge in [-0.2, -0.15) is 0 Å². The molecule has 1 heterocycles. The van der Waals surface area contributed by atoms with Crippen molar-refractivity contribution in [1.82, 2.24) is 10.2 Å². The lowest BCUT2D eigenvalue weighted by Gasteiger charge is -2.26. The van der Waals surface area contributed by atoms with Crippen molar-refractivity contribution >= 4 is 17.8 Å². The fourth-order valence-corrected chi connectivity index (χ4v) is 4.70. The normalized spacial score (nSPS) is 33.8. The number of amides is 2. The van der Waals surface area contributed by atoms with Gasteiger partial charge in [0.05, 0.1) is 24.5 Å². The van der Waals surface area contributed by atoms with Crippen molar-refractivity contribution in [3.63, 3.8) is 0 Å². The van der Waals surface area contributed by atoms with Crippen molar-refractivity contribution in [2.45, 2.75) is 64.0 Å². The van der Waals surface area contributed by atoms with Gasteiger partial charge in [0.1, 0.15) is 12.3 Å². The van der Waals surface area contributed by atoms with Gasteiger partial charge in [-0.3, -0.25) is 9.59 Å². The lowest BCUT2D eigenvalue weighted by atomic mass is 9.93. The number of ether oxygens (including phenoxy) is 3. The standard InChI is InChI=1S/C23H36N2O6/c1-4-29-15-31-17-12-18-19(13-17)21(27)25(3)11-9-7-6-8-10-16-14-23(16,24-20(18)26)22(28)30-5-2/h8,10,16-19H,4-7,9,11-15H2,1-3H3,(H,24,26)/t16-,17-,18-,19-,23-/m1/s1. The van der Waals surface area contributed by atoms with E-state index >= 15 is 0 Å². The summed E-state index contributed by atoms with van der Waals surface area (Å²) in [6.45, 7) is 5.25. The van der Waals surface area contributed by atoms with Crippen molar-refractivity contribution in [1.29, 1.82) is 0 Å².